The summed E-state index contributed by atoms with van der Waals surface area (Å²) >= 11 is 2.77. The number of esters is 1. The van der Waals surface area contributed by atoms with Gasteiger partial charge in [-0.05, 0) is 0 Å². The molecular formula is C24H26IO2P. The summed E-state index contributed by atoms with van der Waals surface area (Å²) in [5, 5.41) is 4.04. The van der Waals surface area contributed by atoms with E-state index in [0.717, 1.165) is 6.16 Å². The number of halogens is 1. The molecule has 0 radical (unpaired) electrons. The van der Waals surface area contributed by atoms with E-state index in [2.05, 4.69) is 120 Å². The van der Waals surface area contributed by atoms with Gasteiger partial charge in [-0.25, -0.2) is 0 Å². The first-order chi connectivity index (χ1) is 13.4. The molecule has 28 heavy (non-hydrogen) atoms. The van der Waals surface area contributed by atoms with Crippen molar-refractivity contribution < 1.29 is 9.53 Å². The van der Waals surface area contributed by atoms with Crippen molar-refractivity contribution in [2.24, 2.45) is 5.92 Å². The Balaban J connectivity index is 2.26. The van der Waals surface area contributed by atoms with Crippen molar-refractivity contribution in [2.45, 2.75) is 13.8 Å². The minimum absolute atomic E-state index is 0.221. The fourth-order valence-corrected chi connectivity index (χ4v) is 14.0. The number of carbonyl (C=O) groups excluding carboxylic acids is 1. The molecular weight excluding hydrogens is 478 g/mol. The molecule has 0 unspecified atom stereocenters. The summed E-state index contributed by atoms with van der Waals surface area (Å²) in [7, 11) is 0. The third kappa shape index (κ3) is 4.01. The molecule has 4 heteroatoms. The molecule has 0 N–H and O–H groups in total. The molecule has 0 aromatic heterocycles. The van der Waals surface area contributed by atoms with Gasteiger partial charge in [-0.1, -0.05) is 0 Å². The number of ether oxygens (including phenoxy) is 1. The zero-order chi connectivity index (χ0) is 20.1. The van der Waals surface area contributed by atoms with Crippen molar-refractivity contribution in [3.63, 3.8) is 0 Å². The van der Waals surface area contributed by atoms with Crippen LogP contribution in [-0.4, -0.2) is 18.7 Å². The van der Waals surface area contributed by atoms with Crippen molar-refractivity contribution in [1.29, 1.82) is 0 Å². The van der Waals surface area contributed by atoms with Crippen molar-refractivity contribution in [3.8, 4) is 0 Å². The van der Waals surface area contributed by atoms with E-state index in [1.54, 1.807) is 0 Å². The Morgan fingerprint density at radius 3 is 1.50 bits per heavy atom. The molecule has 1 atom stereocenters. The van der Waals surface area contributed by atoms with Crippen LogP contribution >= 0.6 is 26.3 Å². The molecule has 0 saturated carbocycles. The van der Waals surface area contributed by atoms with Crippen LogP contribution in [0.2, 0.25) is 0 Å². The monoisotopic (exact) mass is 504 g/mol. The summed E-state index contributed by atoms with van der Waals surface area (Å²) in [6, 6.07) is 32.5. The predicted octanol–water partition coefficient (Wildman–Crippen LogP) is 5.07. The van der Waals surface area contributed by atoms with Gasteiger partial charge in [0.05, 0.1) is 0 Å². The van der Waals surface area contributed by atoms with Gasteiger partial charge in [-0.2, -0.15) is 0 Å². The molecule has 146 valence electrons. The summed E-state index contributed by atoms with van der Waals surface area (Å²) in [4.78, 5) is 11.4. The molecule has 0 heterocycles. The topological polar surface area (TPSA) is 26.3 Å². The van der Waals surface area contributed by atoms with Gasteiger partial charge in [-0.3, -0.25) is 0 Å². The molecule has 0 aliphatic rings. The normalized spacial score (nSPS) is 13.9. The molecule has 0 aliphatic heterocycles. The van der Waals surface area contributed by atoms with Gasteiger partial charge in [-0.15, -0.1) is 0 Å². The van der Waals surface area contributed by atoms with E-state index in [1.165, 1.54) is 22.8 Å². The molecule has 2 nitrogen and oxygen atoms in total. The average molecular weight is 504 g/mol. The summed E-state index contributed by atoms with van der Waals surface area (Å²) in [6.45, 7) is 4.09. The first kappa shape index (κ1) is 21.0. The van der Waals surface area contributed by atoms with Crippen molar-refractivity contribution in [3.05, 3.63) is 91.0 Å². The van der Waals surface area contributed by atoms with Crippen LogP contribution in [0.4, 0.5) is 0 Å². The van der Waals surface area contributed by atoms with Gasteiger partial charge in [0.2, 0.25) is 0 Å². The van der Waals surface area contributed by atoms with E-state index in [9.17, 15) is 4.79 Å². The second-order valence-corrected chi connectivity index (χ2v) is 17.9. The Morgan fingerprint density at radius 1 is 0.821 bits per heavy atom. The Labute approximate surface area is 180 Å². The summed E-state index contributed by atoms with van der Waals surface area (Å²) < 4.78 is 2.59. The maximum absolute atomic E-state index is 11.4. The first-order valence-corrected chi connectivity index (χ1v) is 14.7. The Bertz CT molecular complexity index is 814. The van der Waals surface area contributed by atoms with Crippen molar-refractivity contribution in [1.82, 2.24) is 0 Å². The molecule has 3 aromatic rings. The summed E-state index contributed by atoms with van der Waals surface area (Å²) in [6.07, 6.45) is 0.928. The molecule has 3 aromatic carbocycles. The van der Waals surface area contributed by atoms with Crippen LogP contribution in [0, 0.1) is 5.92 Å². The molecule has 3 rings (SSSR count). The zero-order valence-electron chi connectivity index (χ0n) is 16.3. The number of carbonyl (C=O) groups is 1. The van der Waals surface area contributed by atoms with E-state index in [1.807, 2.05) is 0 Å². The fraction of sp³-hybridized carbons (Fsp3) is 0.208. The average Bonchev–Trinajstić information content (AvgIpc) is 2.74. The SMILES string of the molecule is CC(=O)OC[C@H](C)CP(I)(c1ccccc1)(c1ccccc1)c1ccccc1. The van der Waals surface area contributed by atoms with E-state index >= 15 is 0 Å². The second-order valence-electron chi connectivity index (χ2n) is 7.28. The summed E-state index contributed by atoms with van der Waals surface area (Å²) in [5.41, 5.74) is 0. The van der Waals surface area contributed by atoms with Crippen LogP contribution in [0.25, 0.3) is 0 Å². The van der Waals surface area contributed by atoms with Gasteiger partial charge >= 0.3 is 181 Å². The number of hydrogen-bond donors (Lipinski definition) is 0. The van der Waals surface area contributed by atoms with Crippen molar-refractivity contribution >= 4 is 48.2 Å². The minimum atomic E-state index is -2.79. The van der Waals surface area contributed by atoms with Gasteiger partial charge in [0, 0.05) is 0 Å². The van der Waals surface area contributed by atoms with Crippen LogP contribution in [0.5, 0.6) is 0 Å². The Kier molecular flexibility index (Phi) is 6.57. The number of hydrogen-bond acceptors (Lipinski definition) is 2. The number of rotatable bonds is 7. The Hall–Kier alpha value is -1.71. The van der Waals surface area contributed by atoms with Crippen LogP contribution in [-0.2, 0) is 9.53 Å². The Morgan fingerprint density at radius 2 is 1.18 bits per heavy atom. The van der Waals surface area contributed by atoms with Crippen LogP contribution < -0.4 is 15.9 Å². The van der Waals surface area contributed by atoms with Gasteiger partial charge in [0.15, 0.2) is 0 Å². The van der Waals surface area contributed by atoms with Crippen LogP contribution in [0.3, 0.4) is 0 Å². The molecule has 0 spiro atoms. The van der Waals surface area contributed by atoms with E-state index < -0.39 is 4.25 Å². The van der Waals surface area contributed by atoms with E-state index in [4.69, 9.17) is 4.74 Å². The third-order valence-corrected chi connectivity index (χ3v) is 16.7. The molecule has 0 fully saturated rings. The van der Waals surface area contributed by atoms with Crippen LogP contribution in [0.15, 0.2) is 91.0 Å². The molecule has 0 amide bonds. The zero-order valence-corrected chi connectivity index (χ0v) is 19.3. The van der Waals surface area contributed by atoms with Crippen LogP contribution in [0.1, 0.15) is 13.8 Å². The second kappa shape index (κ2) is 8.75. The van der Waals surface area contributed by atoms with Gasteiger partial charge in [0.1, 0.15) is 0 Å². The predicted molar refractivity (Wildman–Crippen MR) is 130 cm³/mol. The van der Waals surface area contributed by atoms with Crippen molar-refractivity contribution in [2.75, 3.05) is 12.8 Å². The molecule has 0 saturated heterocycles. The first-order valence-electron chi connectivity index (χ1n) is 9.48. The molecule has 0 aliphatic carbocycles. The quantitative estimate of drug-likeness (QED) is 0.255. The third-order valence-electron chi connectivity index (χ3n) is 5.11. The molecule has 0 bridgehead atoms. The summed E-state index contributed by atoms with van der Waals surface area (Å²) in [5.74, 6) is -0.00107. The van der Waals surface area contributed by atoms with E-state index in [0.29, 0.717) is 6.61 Å². The maximum atomic E-state index is 11.4. The standard InChI is InChI=1S/C24H26IO2P/c1-20(18-27-21(2)26)19-28(25,22-12-6-3-7-13-22,23-14-8-4-9-15-23)24-16-10-5-11-17-24/h3-17,20H,18-19H2,1-2H3/t20-/m0/s1. The van der Waals surface area contributed by atoms with Gasteiger partial charge in [0.25, 0.3) is 0 Å². The number of benzene rings is 3. The van der Waals surface area contributed by atoms with Gasteiger partial charge < -0.3 is 0 Å². The fourth-order valence-electron chi connectivity index (χ4n) is 3.88. The van der Waals surface area contributed by atoms with E-state index in [-0.39, 0.29) is 11.9 Å².